The van der Waals surface area contributed by atoms with Crippen LogP contribution >= 0.6 is 11.8 Å². The fraction of sp³-hybridized carbons (Fsp3) is 0.364. The Bertz CT molecular complexity index is 1290. The van der Waals surface area contributed by atoms with Crippen molar-refractivity contribution in [3.63, 3.8) is 0 Å². The molecule has 0 radical (unpaired) electrons. The molecule has 11 heteroatoms. The molecule has 2 aromatic carbocycles. The molecule has 1 amide bonds. The molecule has 176 valence electrons. The summed E-state index contributed by atoms with van der Waals surface area (Å²) in [4.78, 5) is 17.4. The van der Waals surface area contributed by atoms with Crippen molar-refractivity contribution in [2.45, 2.75) is 55.1 Å². The van der Waals surface area contributed by atoms with Crippen LogP contribution in [0.25, 0.3) is 11.0 Å². The summed E-state index contributed by atoms with van der Waals surface area (Å²) < 4.78 is 36.2. The topological polar surface area (TPSA) is 126 Å². The van der Waals surface area contributed by atoms with Crippen LogP contribution in [0.3, 0.4) is 0 Å². The smallest absolute Gasteiger partial charge is 0.238 e. The average molecular weight is 491 g/mol. The summed E-state index contributed by atoms with van der Waals surface area (Å²) in [5.41, 5.74) is 2.26. The highest BCUT2D eigenvalue weighted by Gasteiger charge is 2.21. The molecule has 0 saturated carbocycles. The second-order valence-electron chi connectivity index (χ2n) is 7.76. The van der Waals surface area contributed by atoms with Crippen LogP contribution in [0.1, 0.15) is 32.3 Å². The van der Waals surface area contributed by atoms with Crippen LogP contribution in [0.15, 0.2) is 46.5 Å². The van der Waals surface area contributed by atoms with Crippen molar-refractivity contribution in [1.29, 1.82) is 0 Å². The highest BCUT2D eigenvalue weighted by molar-refractivity contribution is 8.00. The number of imidazole rings is 1. The maximum Gasteiger partial charge on any atom is 0.238 e. The molecule has 0 aliphatic carbocycles. The minimum Gasteiger partial charge on any atom is -0.454 e. The van der Waals surface area contributed by atoms with Gasteiger partial charge < -0.3 is 19.4 Å². The number of hydrogen-bond donors (Lipinski definition) is 2. The number of hydrogen-bond acceptors (Lipinski definition) is 7. The molecule has 1 atom stereocenters. The molecule has 2 heterocycles. The second-order valence-corrected chi connectivity index (χ2v) is 10.6. The fourth-order valence-electron chi connectivity index (χ4n) is 3.48. The first-order chi connectivity index (χ1) is 15.8. The second kappa shape index (κ2) is 9.62. The Kier molecular flexibility index (Phi) is 6.82. The Morgan fingerprint density at radius 2 is 2.03 bits per heavy atom. The minimum atomic E-state index is -3.83. The van der Waals surface area contributed by atoms with Crippen molar-refractivity contribution >= 4 is 38.7 Å². The predicted octanol–water partition coefficient (Wildman–Crippen LogP) is 3.01. The summed E-state index contributed by atoms with van der Waals surface area (Å²) >= 11 is 1.34. The standard InChI is InChI=1S/C22H26N4O5S2/c1-3-4-9-26-18-7-6-16(33(23,28)29)11-17(18)25-22(26)32-14(2)21(27)24-12-15-5-8-19-20(10-15)31-13-30-19/h5-8,10-11,14H,3-4,9,12-13H2,1-2H3,(H,24,27)(H2,23,28,29)/t14-/m1/s1. The van der Waals surface area contributed by atoms with E-state index in [4.69, 9.17) is 14.6 Å². The lowest BCUT2D eigenvalue weighted by atomic mass is 10.2. The normalized spacial score (nSPS) is 13.9. The number of ether oxygens (including phenoxy) is 2. The van der Waals surface area contributed by atoms with Gasteiger partial charge in [0, 0.05) is 13.1 Å². The van der Waals surface area contributed by atoms with E-state index >= 15 is 0 Å². The summed E-state index contributed by atoms with van der Waals surface area (Å²) in [5.74, 6) is 1.25. The average Bonchev–Trinajstić information content (AvgIpc) is 3.38. The van der Waals surface area contributed by atoms with Crippen LogP contribution in [-0.4, -0.2) is 35.9 Å². The number of fused-ring (bicyclic) bond motifs is 2. The number of amides is 1. The number of aromatic nitrogens is 2. The first-order valence-electron chi connectivity index (χ1n) is 10.6. The fourth-order valence-corrected chi connectivity index (χ4v) is 4.99. The molecular weight excluding hydrogens is 464 g/mol. The number of carbonyl (C=O) groups excluding carboxylic acids is 1. The van der Waals surface area contributed by atoms with Gasteiger partial charge in [-0.25, -0.2) is 18.5 Å². The molecule has 1 aliphatic rings. The van der Waals surface area contributed by atoms with Gasteiger partial charge in [0.05, 0.1) is 21.2 Å². The van der Waals surface area contributed by atoms with Gasteiger partial charge in [0.15, 0.2) is 16.7 Å². The van der Waals surface area contributed by atoms with Gasteiger partial charge in [-0.15, -0.1) is 0 Å². The minimum absolute atomic E-state index is 0.0150. The Morgan fingerprint density at radius 3 is 2.79 bits per heavy atom. The zero-order valence-corrected chi connectivity index (χ0v) is 20.0. The summed E-state index contributed by atoms with van der Waals surface area (Å²) in [6, 6.07) is 10.2. The van der Waals surface area contributed by atoms with Gasteiger partial charge in [-0.2, -0.15) is 0 Å². The van der Waals surface area contributed by atoms with Crippen molar-refractivity contribution in [2.24, 2.45) is 5.14 Å². The molecule has 0 saturated heterocycles. The number of carbonyl (C=O) groups is 1. The monoisotopic (exact) mass is 490 g/mol. The van der Waals surface area contributed by atoms with Gasteiger partial charge in [-0.05, 0) is 49.2 Å². The lowest BCUT2D eigenvalue weighted by Gasteiger charge is -2.13. The summed E-state index contributed by atoms with van der Waals surface area (Å²) in [6.07, 6.45) is 1.92. The van der Waals surface area contributed by atoms with Crippen LogP contribution in [0.5, 0.6) is 11.5 Å². The van der Waals surface area contributed by atoms with E-state index in [1.807, 2.05) is 29.7 Å². The van der Waals surface area contributed by atoms with E-state index in [2.05, 4.69) is 17.2 Å². The Balaban J connectivity index is 1.49. The predicted molar refractivity (Wildman–Crippen MR) is 126 cm³/mol. The summed E-state index contributed by atoms with van der Waals surface area (Å²) in [7, 11) is -3.83. The van der Waals surface area contributed by atoms with E-state index in [1.165, 1.54) is 23.9 Å². The number of nitrogens with zero attached hydrogens (tertiary/aromatic N) is 2. The van der Waals surface area contributed by atoms with Crippen LogP contribution in [-0.2, 0) is 27.9 Å². The third-order valence-electron chi connectivity index (χ3n) is 5.30. The number of aryl methyl sites for hydroxylation is 1. The SMILES string of the molecule is CCCCn1c(S[C@H](C)C(=O)NCc2ccc3c(c2)OCO3)nc2cc(S(N)(=O)=O)ccc21. The van der Waals surface area contributed by atoms with E-state index in [-0.39, 0.29) is 17.6 Å². The van der Waals surface area contributed by atoms with E-state index in [9.17, 15) is 13.2 Å². The van der Waals surface area contributed by atoms with Crippen LogP contribution in [0.4, 0.5) is 0 Å². The largest absolute Gasteiger partial charge is 0.454 e. The van der Waals surface area contributed by atoms with Crippen molar-refractivity contribution in [2.75, 3.05) is 6.79 Å². The number of sulfonamides is 1. The van der Waals surface area contributed by atoms with Crippen LogP contribution in [0.2, 0.25) is 0 Å². The molecule has 3 aromatic rings. The number of thioether (sulfide) groups is 1. The van der Waals surface area contributed by atoms with E-state index < -0.39 is 15.3 Å². The Hall–Kier alpha value is -2.76. The third-order valence-corrected chi connectivity index (χ3v) is 7.30. The van der Waals surface area contributed by atoms with Gasteiger partial charge in [-0.3, -0.25) is 4.79 Å². The van der Waals surface area contributed by atoms with Crippen molar-refractivity contribution in [1.82, 2.24) is 14.9 Å². The number of rotatable bonds is 9. The van der Waals surface area contributed by atoms with Gasteiger partial charge in [-0.1, -0.05) is 31.2 Å². The number of benzene rings is 2. The van der Waals surface area contributed by atoms with Gasteiger partial charge in [0.2, 0.25) is 22.7 Å². The number of unbranched alkanes of at least 4 members (excludes halogenated alkanes) is 1. The third kappa shape index (κ3) is 5.26. The molecule has 0 fully saturated rings. The van der Waals surface area contributed by atoms with E-state index in [0.29, 0.717) is 28.7 Å². The molecule has 1 aromatic heterocycles. The molecular formula is C22H26N4O5S2. The van der Waals surface area contributed by atoms with Crippen molar-refractivity contribution in [3.8, 4) is 11.5 Å². The highest BCUT2D eigenvalue weighted by atomic mass is 32.2. The Labute approximate surface area is 196 Å². The van der Waals surface area contributed by atoms with E-state index in [0.717, 1.165) is 30.5 Å². The summed E-state index contributed by atoms with van der Waals surface area (Å²) in [5, 5.41) is 8.47. The van der Waals surface area contributed by atoms with Gasteiger partial charge >= 0.3 is 0 Å². The molecule has 1 aliphatic heterocycles. The Morgan fingerprint density at radius 1 is 1.24 bits per heavy atom. The molecule has 9 nitrogen and oxygen atoms in total. The maximum absolute atomic E-state index is 12.8. The summed E-state index contributed by atoms with van der Waals surface area (Å²) in [6.45, 7) is 5.20. The molecule has 4 rings (SSSR count). The highest BCUT2D eigenvalue weighted by Crippen LogP contribution is 2.33. The first kappa shape index (κ1) is 23.4. The van der Waals surface area contributed by atoms with Crippen molar-refractivity contribution in [3.05, 3.63) is 42.0 Å². The van der Waals surface area contributed by atoms with Crippen LogP contribution in [0, 0.1) is 0 Å². The molecule has 0 spiro atoms. The van der Waals surface area contributed by atoms with Gasteiger partial charge in [0.25, 0.3) is 0 Å². The van der Waals surface area contributed by atoms with Crippen LogP contribution < -0.4 is 19.9 Å². The molecule has 33 heavy (non-hydrogen) atoms. The maximum atomic E-state index is 12.8. The molecule has 0 bridgehead atoms. The molecule has 3 N–H and O–H groups in total. The zero-order valence-electron chi connectivity index (χ0n) is 18.4. The number of nitrogens with two attached hydrogens (primary N) is 1. The van der Waals surface area contributed by atoms with Gasteiger partial charge in [0.1, 0.15) is 0 Å². The lowest BCUT2D eigenvalue weighted by Crippen LogP contribution is -2.30. The first-order valence-corrected chi connectivity index (χ1v) is 13.0. The van der Waals surface area contributed by atoms with Crippen molar-refractivity contribution < 1.29 is 22.7 Å². The number of primary sulfonamides is 1. The zero-order chi connectivity index (χ0) is 23.6. The number of nitrogens with one attached hydrogen (secondary N) is 1. The van der Waals surface area contributed by atoms with E-state index in [1.54, 1.807) is 6.07 Å². The lowest BCUT2D eigenvalue weighted by molar-refractivity contribution is -0.120. The molecule has 0 unspecified atom stereocenters. The quantitative estimate of drug-likeness (QED) is 0.442.